The van der Waals surface area contributed by atoms with Crippen molar-refractivity contribution in [1.82, 2.24) is 4.98 Å². The van der Waals surface area contributed by atoms with E-state index in [9.17, 15) is 5.11 Å². The molecule has 0 saturated heterocycles. The SMILES string of the molecule is Cc1[nH]c2c(C)cccc2c1C(O)CCCN. The van der Waals surface area contributed by atoms with E-state index in [-0.39, 0.29) is 0 Å². The van der Waals surface area contributed by atoms with Crippen LogP contribution in [-0.2, 0) is 0 Å². The van der Waals surface area contributed by atoms with E-state index in [4.69, 9.17) is 5.73 Å². The average molecular weight is 232 g/mol. The molecular weight excluding hydrogens is 212 g/mol. The van der Waals surface area contributed by atoms with Gasteiger partial charge in [0.05, 0.1) is 6.10 Å². The predicted molar refractivity (Wildman–Crippen MR) is 71.0 cm³/mol. The molecule has 1 aromatic heterocycles. The van der Waals surface area contributed by atoms with Crippen molar-refractivity contribution in [3.63, 3.8) is 0 Å². The van der Waals surface area contributed by atoms with Gasteiger partial charge in [0, 0.05) is 22.2 Å². The number of aryl methyl sites for hydroxylation is 2. The lowest BCUT2D eigenvalue weighted by Gasteiger charge is -2.10. The maximum Gasteiger partial charge on any atom is 0.0813 e. The van der Waals surface area contributed by atoms with E-state index in [2.05, 4.69) is 24.0 Å². The third kappa shape index (κ3) is 2.21. The summed E-state index contributed by atoms with van der Waals surface area (Å²) in [5, 5.41) is 11.4. The Morgan fingerprint density at radius 3 is 2.82 bits per heavy atom. The summed E-state index contributed by atoms with van der Waals surface area (Å²) in [6.07, 6.45) is 1.14. The van der Waals surface area contributed by atoms with E-state index in [0.29, 0.717) is 6.54 Å². The van der Waals surface area contributed by atoms with Crippen LogP contribution in [0, 0.1) is 13.8 Å². The first-order chi connectivity index (χ1) is 8.15. The molecule has 1 atom stereocenters. The molecule has 0 fully saturated rings. The summed E-state index contributed by atoms with van der Waals surface area (Å²) in [6, 6.07) is 6.17. The van der Waals surface area contributed by atoms with Crippen LogP contribution in [0.15, 0.2) is 18.2 Å². The largest absolute Gasteiger partial charge is 0.388 e. The highest BCUT2D eigenvalue weighted by Crippen LogP contribution is 2.31. The van der Waals surface area contributed by atoms with Crippen molar-refractivity contribution < 1.29 is 5.11 Å². The van der Waals surface area contributed by atoms with E-state index in [1.807, 2.05) is 13.0 Å². The van der Waals surface area contributed by atoms with E-state index in [0.717, 1.165) is 35.0 Å². The number of nitrogens with two attached hydrogens (primary N) is 1. The molecule has 0 aliphatic heterocycles. The van der Waals surface area contributed by atoms with Gasteiger partial charge in [-0.2, -0.15) is 0 Å². The monoisotopic (exact) mass is 232 g/mol. The van der Waals surface area contributed by atoms with Crippen molar-refractivity contribution in [2.75, 3.05) is 6.54 Å². The molecule has 3 heteroatoms. The van der Waals surface area contributed by atoms with Gasteiger partial charge < -0.3 is 15.8 Å². The molecule has 4 N–H and O–H groups in total. The van der Waals surface area contributed by atoms with Gasteiger partial charge in [-0.1, -0.05) is 18.2 Å². The van der Waals surface area contributed by atoms with Crippen molar-refractivity contribution in [2.24, 2.45) is 5.73 Å². The van der Waals surface area contributed by atoms with E-state index in [1.165, 1.54) is 5.56 Å². The van der Waals surface area contributed by atoms with Crippen molar-refractivity contribution in [1.29, 1.82) is 0 Å². The minimum absolute atomic E-state index is 0.422. The fraction of sp³-hybridized carbons (Fsp3) is 0.429. The lowest BCUT2D eigenvalue weighted by atomic mass is 10.0. The van der Waals surface area contributed by atoms with Gasteiger partial charge >= 0.3 is 0 Å². The molecule has 92 valence electrons. The molecule has 0 bridgehead atoms. The Labute approximate surface area is 102 Å². The summed E-state index contributed by atoms with van der Waals surface area (Å²) in [5.41, 5.74) is 9.91. The number of hydrogen-bond donors (Lipinski definition) is 3. The van der Waals surface area contributed by atoms with Crippen LogP contribution in [0.2, 0.25) is 0 Å². The van der Waals surface area contributed by atoms with Crippen LogP contribution >= 0.6 is 0 Å². The molecule has 1 unspecified atom stereocenters. The van der Waals surface area contributed by atoms with Crippen molar-refractivity contribution in [2.45, 2.75) is 32.8 Å². The van der Waals surface area contributed by atoms with Crippen LogP contribution in [0.3, 0.4) is 0 Å². The molecule has 0 spiro atoms. The predicted octanol–water partition coefficient (Wildman–Crippen LogP) is 2.56. The number of H-pyrrole nitrogens is 1. The van der Waals surface area contributed by atoms with Crippen LogP contribution in [0.1, 0.15) is 35.8 Å². The van der Waals surface area contributed by atoms with Gasteiger partial charge in [-0.25, -0.2) is 0 Å². The fourth-order valence-corrected chi connectivity index (χ4v) is 2.40. The number of para-hydroxylation sites is 1. The number of rotatable bonds is 4. The summed E-state index contributed by atoms with van der Waals surface area (Å²) in [4.78, 5) is 3.36. The smallest absolute Gasteiger partial charge is 0.0813 e. The van der Waals surface area contributed by atoms with Gasteiger partial charge in [-0.05, 0) is 38.8 Å². The summed E-state index contributed by atoms with van der Waals surface area (Å²) < 4.78 is 0. The highest BCUT2D eigenvalue weighted by Gasteiger charge is 2.16. The number of benzene rings is 1. The first kappa shape index (κ1) is 12.1. The Balaban J connectivity index is 2.46. The summed E-state index contributed by atoms with van der Waals surface area (Å²) >= 11 is 0. The van der Waals surface area contributed by atoms with E-state index in [1.54, 1.807) is 0 Å². The second-order valence-corrected chi connectivity index (χ2v) is 4.61. The number of nitrogens with one attached hydrogen (secondary N) is 1. The van der Waals surface area contributed by atoms with Gasteiger partial charge in [0.2, 0.25) is 0 Å². The molecule has 2 rings (SSSR count). The molecule has 1 heterocycles. The first-order valence-electron chi connectivity index (χ1n) is 6.11. The summed E-state index contributed by atoms with van der Waals surface area (Å²) in [7, 11) is 0. The Morgan fingerprint density at radius 2 is 2.12 bits per heavy atom. The highest BCUT2D eigenvalue weighted by atomic mass is 16.3. The van der Waals surface area contributed by atoms with Crippen molar-refractivity contribution in [3.05, 3.63) is 35.0 Å². The minimum Gasteiger partial charge on any atom is -0.388 e. The maximum absolute atomic E-state index is 10.2. The molecule has 3 nitrogen and oxygen atoms in total. The lowest BCUT2D eigenvalue weighted by molar-refractivity contribution is 0.166. The Hall–Kier alpha value is -1.32. The number of hydrogen-bond acceptors (Lipinski definition) is 2. The average Bonchev–Trinajstić information content (AvgIpc) is 2.64. The van der Waals surface area contributed by atoms with Crippen molar-refractivity contribution >= 4 is 10.9 Å². The van der Waals surface area contributed by atoms with Gasteiger partial charge in [0.25, 0.3) is 0 Å². The molecule has 0 saturated carbocycles. The van der Waals surface area contributed by atoms with E-state index >= 15 is 0 Å². The van der Waals surface area contributed by atoms with Gasteiger partial charge in [0.15, 0.2) is 0 Å². The van der Waals surface area contributed by atoms with Crippen LogP contribution in [0.4, 0.5) is 0 Å². The molecule has 2 aromatic rings. The zero-order valence-corrected chi connectivity index (χ0v) is 10.5. The molecule has 0 radical (unpaired) electrons. The number of aliphatic hydroxyl groups excluding tert-OH is 1. The number of aliphatic hydroxyl groups is 1. The zero-order chi connectivity index (χ0) is 12.4. The van der Waals surface area contributed by atoms with E-state index < -0.39 is 6.10 Å². The van der Waals surface area contributed by atoms with Crippen LogP contribution < -0.4 is 5.73 Å². The Bertz CT molecular complexity index is 516. The normalized spacial score (nSPS) is 13.2. The quantitative estimate of drug-likeness (QED) is 0.758. The van der Waals surface area contributed by atoms with Gasteiger partial charge in [-0.15, -0.1) is 0 Å². The molecule has 0 aliphatic rings. The van der Waals surface area contributed by atoms with Crippen LogP contribution in [-0.4, -0.2) is 16.6 Å². The third-order valence-electron chi connectivity index (χ3n) is 3.29. The Morgan fingerprint density at radius 1 is 1.35 bits per heavy atom. The maximum atomic E-state index is 10.2. The molecule has 1 aromatic carbocycles. The zero-order valence-electron chi connectivity index (χ0n) is 10.5. The molecule has 0 aliphatic carbocycles. The number of fused-ring (bicyclic) bond motifs is 1. The summed E-state index contributed by atoms with van der Waals surface area (Å²) in [5.74, 6) is 0. The standard InChI is InChI=1S/C14H20N2O/c1-9-5-3-6-11-13(10(2)16-14(9)11)12(17)7-4-8-15/h3,5-6,12,16-17H,4,7-8,15H2,1-2H3. The topological polar surface area (TPSA) is 62.0 Å². The first-order valence-corrected chi connectivity index (χ1v) is 6.11. The minimum atomic E-state index is -0.422. The second kappa shape index (κ2) is 4.90. The second-order valence-electron chi connectivity index (χ2n) is 4.61. The van der Waals surface area contributed by atoms with Gasteiger partial charge in [0.1, 0.15) is 0 Å². The molecule has 0 amide bonds. The van der Waals surface area contributed by atoms with Crippen LogP contribution in [0.25, 0.3) is 10.9 Å². The third-order valence-corrected chi connectivity index (χ3v) is 3.29. The van der Waals surface area contributed by atoms with Gasteiger partial charge in [-0.3, -0.25) is 0 Å². The Kier molecular flexibility index (Phi) is 3.50. The van der Waals surface area contributed by atoms with Crippen LogP contribution in [0.5, 0.6) is 0 Å². The number of aromatic nitrogens is 1. The molecular formula is C14H20N2O. The highest BCUT2D eigenvalue weighted by molar-refractivity contribution is 5.87. The fourth-order valence-electron chi connectivity index (χ4n) is 2.40. The summed E-state index contributed by atoms with van der Waals surface area (Å²) in [6.45, 7) is 4.71. The molecule has 17 heavy (non-hydrogen) atoms. The number of aromatic amines is 1. The lowest BCUT2D eigenvalue weighted by Crippen LogP contribution is -2.04. The van der Waals surface area contributed by atoms with Crippen molar-refractivity contribution in [3.8, 4) is 0 Å².